The third-order valence-corrected chi connectivity index (χ3v) is 4.58. The first-order valence-corrected chi connectivity index (χ1v) is 8.70. The molecule has 24 heavy (non-hydrogen) atoms. The van der Waals surface area contributed by atoms with Gasteiger partial charge in [0.1, 0.15) is 18.1 Å². The molecule has 1 N–H and O–H groups in total. The molecule has 1 fully saturated rings. The van der Waals surface area contributed by atoms with Crippen molar-refractivity contribution in [3.05, 3.63) is 58.7 Å². The summed E-state index contributed by atoms with van der Waals surface area (Å²) in [7, 11) is 1.76. The second-order valence-corrected chi connectivity index (χ2v) is 6.67. The number of benzene rings is 2. The number of ether oxygens (including phenoxy) is 2. The van der Waals surface area contributed by atoms with E-state index in [1.54, 1.807) is 7.05 Å². The zero-order valence-electron chi connectivity index (χ0n) is 14.4. The molecule has 126 valence electrons. The van der Waals surface area contributed by atoms with E-state index in [4.69, 9.17) is 21.7 Å². The monoisotopic (exact) mass is 341 g/mol. The van der Waals surface area contributed by atoms with Crippen LogP contribution in [0.4, 0.5) is 0 Å². The van der Waals surface area contributed by atoms with Gasteiger partial charge in [0, 0.05) is 12.6 Å². The fraction of sp³-hybridized carbons (Fsp3) is 0.350. The van der Waals surface area contributed by atoms with Crippen LogP contribution in [0, 0.1) is 13.8 Å². The predicted molar refractivity (Wildman–Crippen MR) is 101 cm³/mol. The molecule has 0 amide bonds. The minimum Gasteiger partial charge on any atom is -0.488 e. The van der Waals surface area contributed by atoms with Gasteiger partial charge in [-0.15, -0.1) is 0 Å². The summed E-state index contributed by atoms with van der Waals surface area (Å²) in [5.41, 5.74) is 4.79. The number of nitrogens with one attached hydrogen (secondary N) is 1. The fourth-order valence-corrected chi connectivity index (χ4v) is 2.96. The standard InChI is InChI=1S/C20H23NO2S/c1-13-7-10-18(14(2)11-13)22-12-17-16(15-8-9-15)5-4-6-19(17)23-20(24)21-3/h4-7,10-11,15H,8-9,12H2,1-3H3,(H,21,24). The van der Waals surface area contributed by atoms with Crippen molar-refractivity contribution in [1.29, 1.82) is 0 Å². The van der Waals surface area contributed by atoms with E-state index in [0.29, 0.717) is 17.7 Å². The van der Waals surface area contributed by atoms with Crippen LogP contribution in [0.25, 0.3) is 0 Å². The molecule has 3 nitrogen and oxygen atoms in total. The second-order valence-electron chi connectivity index (χ2n) is 6.30. The SMILES string of the molecule is CNC(=S)Oc1cccc(C2CC2)c1COc1ccc(C)cc1C. The number of hydrogen-bond acceptors (Lipinski definition) is 3. The topological polar surface area (TPSA) is 30.5 Å². The summed E-state index contributed by atoms with van der Waals surface area (Å²) >= 11 is 5.16. The van der Waals surface area contributed by atoms with Gasteiger partial charge in [0.15, 0.2) is 0 Å². The summed E-state index contributed by atoms with van der Waals surface area (Å²) in [4.78, 5) is 0. The number of rotatable bonds is 5. The quantitative estimate of drug-likeness (QED) is 0.803. The molecule has 2 aromatic carbocycles. The van der Waals surface area contributed by atoms with Crippen molar-refractivity contribution in [1.82, 2.24) is 5.32 Å². The molecular formula is C20H23NO2S. The molecule has 3 rings (SSSR count). The fourth-order valence-electron chi connectivity index (χ4n) is 2.87. The summed E-state index contributed by atoms with van der Waals surface area (Å²) in [5, 5.41) is 3.23. The molecule has 0 bridgehead atoms. The first-order valence-electron chi connectivity index (χ1n) is 8.30. The molecule has 0 atom stereocenters. The molecular weight excluding hydrogens is 318 g/mol. The lowest BCUT2D eigenvalue weighted by atomic mass is 10.0. The Morgan fingerprint density at radius 1 is 1.17 bits per heavy atom. The zero-order chi connectivity index (χ0) is 17.1. The van der Waals surface area contributed by atoms with Crippen molar-refractivity contribution in [3.8, 4) is 11.5 Å². The Bertz CT molecular complexity index is 753. The summed E-state index contributed by atoms with van der Waals surface area (Å²) in [6.45, 7) is 4.64. The van der Waals surface area contributed by atoms with Gasteiger partial charge in [-0.2, -0.15) is 0 Å². The summed E-state index contributed by atoms with van der Waals surface area (Å²) in [6.07, 6.45) is 2.47. The Morgan fingerprint density at radius 3 is 2.62 bits per heavy atom. The zero-order valence-corrected chi connectivity index (χ0v) is 15.2. The van der Waals surface area contributed by atoms with Crippen molar-refractivity contribution in [2.75, 3.05) is 7.05 Å². The van der Waals surface area contributed by atoms with Crippen LogP contribution in [-0.4, -0.2) is 12.2 Å². The van der Waals surface area contributed by atoms with Crippen LogP contribution in [0.2, 0.25) is 0 Å². The lowest BCUT2D eigenvalue weighted by molar-refractivity contribution is 0.298. The highest BCUT2D eigenvalue weighted by Crippen LogP contribution is 2.44. The van der Waals surface area contributed by atoms with Gasteiger partial charge in [-0.05, 0) is 68.1 Å². The number of thiocarbonyl (C=S) groups is 1. The normalized spacial score (nSPS) is 13.5. The first-order chi connectivity index (χ1) is 11.6. The minimum absolute atomic E-state index is 0.371. The predicted octanol–water partition coefficient (Wildman–Crippen LogP) is 4.64. The van der Waals surface area contributed by atoms with E-state index < -0.39 is 0 Å². The van der Waals surface area contributed by atoms with Crippen molar-refractivity contribution >= 4 is 17.4 Å². The Morgan fingerprint density at radius 2 is 1.96 bits per heavy atom. The molecule has 4 heteroatoms. The van der Waals surface area contributed by atoms with Crippen LogP contribution in [0.1, 0.15) is 41.0 Å². The average molecular weight is 341 g/mol. The number of aryl methyl sites for hydroxylation is 2. The molecule has 0 aromatic heterocycles. The molecule has 0 unspecified atom stereocenters. The Kier molecular flexibility index (Phi) is 5.05. The molecule has 0 spiro atoms. The van der Waals surface area contributed by atoms with E-state index in [-0.39, 0.29) is 0 Å². The lowest BCUT2D eigenvalue weighted by Gasteiger charge is -2.17. The minimum atomic E-state index is 0.371. The first kappa shape index (κ1) is 16.8. The van der Waals surface area contributed by atoms with Crippen molar-refractivity contribution in [2.24, 2.45) is 0 Å². The van der Waals surface area contributed by atoms with Crippen molar-refractivity contribution in [2.45, 2.75) is 39.2 Å². The van der Waals surface area contributed by atoms with Crippen molar-refractivity contribution < 1.29 is 9.47 Å². The van der Waals surface area contributed by atoms with Crippen LogP contribution in [0.15, 0.2) is 36.4 Å². The van der Waals surface area contributed by atoms with Gasteiger partial charge in [0.25, 0.3) is 5.17 Å². The Hall–Kier alpha value is -2.07. The van der Waals surface area contributed by atoms with Crippen molar-refractivity contribution in [3.63, 3.8) is 0 Å². The second kappa shape index (κ2) is 7.22. The van der Waals surface area contributed by atoms with E-state index in [1.165, 1.54) is 24.0 Å². The molecule has 1 aliphatic carbocycles. The third-order valence-electron chi connectivity index (χ3n) is 4.30. The van der Waals surface area contributed by atoms with Crippen LogP contribution in [0.3, 0.4) is 0 Å². The highest BCUT2D eigenvalue weighted by atomic mass is 32.1. The largest absolute Gasteiger partial charge is 0.488 e. The van der Waals surface area contributed by atoms with Crippen LogP contribution < -0.4 is 14.8 Å². The maximum absolute atomic E-state index is 6.11. The third kappa shape index (κ3) is 3.88. The van der Waals surface area contributed by atoms with Gasteiger partial charge < -0.3 is 14.8 Å². The van der Waals surface area contributed by atoms with Gasteiger partial charge in [0.2, 0.25) is 0 Å². The maximum atomic E-state index is 6.11. The van der Waals surface area contributed by atoms with Crippen LogP contribution in [-0.2, 0) is 6.61 Å². The van der Waals surface area contributed by atoms with Gasteiger partial charge >= 0.3 is 0 Å². The molecule has 0 heterocycles. The van der Waals surface area contributed by atoms with Gasteiger partial charge in [-0.1, -0.05) is 29.8 Å². The molecule has 1 saturated carbocycles. The molecule has 0 saturated heterocycles. The van der Waals surface area contributed by atoms with Gasteiger partial charge in [-0.3, -0.25) is 0 Å². The molecule has 2 aromatic rings. The molecule has 0 aliphatic heterocycles. The molecule has 1 aliphatic rings. The average Bonchev–Trinajstić information content (AvgIpc) is 3.39. The summed E-state index contributed by atoms with van der Waals surface area (Å²) < 4.78 is 11.9. The smallest absolute Gasteiger partial charge is 0.261 e. The van der Waals surface area contributed by atoms with E-state index in [2.05, 4.69) is 37.4 Å². The summed E-state index contributed by atoms with van der Waals surface area (Å²) in [6, 6.07) is 12.4. The van der Waals surface area contributed by atoms with Crippen LogP contribution in [0.5, 0.6) is 11.5 Å². The molecule has 0 radical (unpaired) electrons. The highest BCUT2D eigenvalue weighted by molar-refractivity contribution is 7.80. The maximum Gasteiger partial charge on any atom is 0.261 e. The Labute approximate surface area is 149 Å². The van der Waals surface area contributed by atoms with Gasteiger partial charge in [0.05, 0.1) is 0 Å². The van der Waals surface area contributed by atoms with E-state index in [0.717, 1.165) is 22.6 Å². The Balaban J connectivity index is 1.85. The summed E-state index contributed by atoms with van der Waals surface area (Å²) in [5.74, 6) is 2.31. The van der Waals surface area contributed by atoms with E-state index in [9.17, 15) is 0 Å². The van der Waals surface area contributed by atoms with E-state index >= 15 is 0 Å². The number of hydrogen-bond donors (Lipinski definition) is 1. The highest BCUT2D eigenvalue weighted by Gasteiger charge is 2.28. The lowest BCUT2D eigenvalue weighted by Crippen LogP contribution is -2.22. The van der Waals surface area contributed by atoms with Crippen LogP contribution >= 0.6 is 12.2 Å². The van der Waals surface area contributed by atoms with E-state index in [1.807, 2.05) is 18.2 Å². The van der Waals surface area contributed by atoms with Gasteiger partial charge in [-0.25, -0.2) is 0 Å².